The average molecular weight is 208 g/mol. The van der Waals surface area contributed by atoms with Crippen LogP contribution < -0.4 is 5.32 Å². The molecule has 2 rings (SSSR count). The first-order valence-electron chi connectivity index (χ1n) is 4.37. The number of rotatable bonds is 3. The summed E-state index contributed by atoms with van der Waals surface area (Å²) in [5.41, 5.74) is 4.02. The van der Waals surface area contributed by atoms with Gasteiger partial charge in [-0.3, -0.25) is 4.68 Å². The number of nitrogens with one attached hydrogen (secondary N) is 1. The van der Waals surface area contributed by atoms with E-state index in [1.54, 1.807) is 16.0 Å². The molecule has 0 saturated carbocycles. The lowest BCUT2D eigenvalue weighted by molar-refractivity contribution is 0.768. The number of aryl methyl sites for hydroxylation is 2. The molecular weight excluding hydrogens is 196 g/mol. The molecule has 0 aromatic carbocycles. The summed E-state index contributed by atoms with van der Waals surface area (Å²) >= 11 is 1.67. The number of hydrogen-bond donors (Lipinski definition) is 1. The smallest absolute Gasteiger partial charge is 0.0798 e. The van der Waals surface area contributed by atoms with Crippen LogP contribution in [0.5, 0.6) is 0 Å². The Morgan fingerprint density at radius 1 is 1.57 bits per heavy atom. The molecule has 0 saturated heterocycles. The van der Waals surface area contributed by atoms with Crippen LogP contribution in [0.25, 0.3) is 0 Å². The third kappa shape index (κ3) is 1.93. The normalized spacial score (nSPS) is 10.4. The summed E-state index contributed by atoms with van der Waals surface area (Å²) in [4.78, 5) is 5.46. The van der Waals surface area contributed by atoms with Crippen LogP contribution >= 0.6 is 11.3 Å². The Morgan fingerprint density at radius 2 is 2.43 bits per heavy atom. The van der Waals surface area contributed by atoms with Gasteiger partial charge in [-0.1, -0.05) is 0 Å². The van der Waals surface area contributed by atoms with E-state index >= 15 is 0 Å². The first kappa shape index (κ1) is 9.21. The minimum atomic E-state index is 0.822. The highest BCUT2D eigenvalue weighted by Gasteiger charge is 2.01. The largest absolute Gasteiger partial charge is 0.378 e. The molecule has 0 fully saturated rings. The first-order chi connectivity index (χ1) is 6.75. The van der Waals surface area contributed by atoms with E-state index in [0.717, 1.165) is 17.9 Å². The van der Waals surface area contributed by atoms with Crippen LogP contribution in [0.15, 0.2) is 17.9 Å². The quantitative estimate of drug-likeness (QED) is 0.836. The molecule has 0 amide bonds. The molecule has 1 N–H and O–H groups in total. The molecule has 0 aliphatic heterocycles. The highest BCUT2D eigenvalue weighted by molar-refractivity contribution is 7.09. The van der Waals surface area contributed by atoms with Crippen LogP contribution in [0.2, 0.25) is 0 Å². The maximum atomic E-state index is 4.19. The van der Waals surface area contributed by atoms with E-state index in [0.29, 0.717) is 0 Å². The standard InChI is InChI=1S/C9H12N4S/c1-7-9(14-6-11-7)4-10-8-3-12-13(2)5-8/h3,5-6,10H,4H2,1-2H3. The zero-order valence-corrected chi connectivity index (χ0v) is 9.01. The predicted octanol–water partition coefficient (Wildman–Crippen LogP) is 1.80. The highest BCUT2D eigenvalue weighted by atomic mass is 32.1. The number of thiazole rings is 1. The van der Waals surface area contributed by atoms with Crippen molar-refractivity contribution >= 4 is 17.0 Å². The molecular formula is C9H12N4S. The van der Waals surface area contributed by atoms with E-state index in [1.807, 2.05) is 31.9 Å². The summed E-state index contributed by atoms with van der Waals surface area (Å²) < 4.78 is 1.78. The lowest BCUT2D eigenvalue weighted by Gasteiger charge is -2.00. The summed E-state index contributed by atoms with van der Waals surface area (Å²) in [6, 6.07) is 0. The maximum absolute atomic E-state index is 4.19. The average Bonchev–Trinajstić information content (AvgIpc) is 2.72. The van der Waals surface area contributed by atoms with Crippen LogP contribution in [0.1, 0.15) is 10.6 Å². The fourth-order valence-corrected chi connectivity index (χ4v) is 1.91. The Bertz CT molecular complexity index is 418. The molecule has 0 spiro atoms. The van der Waals surface area contributed by atoms with E-state index in [1.165, 1.54) is 4.88 Å². The summed E-state index contributed by atoms with van der Waals surface area (Å²) in [6.07, 6.45) is 3.77. The predicted molar refractivity (Wildman–Crippen MR) is 57.4 cm³/mol. The molecule has 4 nitrogen and oxygen atoms in total. The Hall–Kier alpha value is -1.36. The van der Waals surface area contributed by atoms with E-state index in [2.05, 4.69) is 15.4 Å². The molecule has 0 unspecified atom stereocenters. The lowest BCUT2D eigenvalue weighted by Crippen LogP contribution is -1.97. The van der Waals surface area contributed by atoms with Crippen molar-refractivity contribution in [2.24, 2.45) is 7.05 Å². The summed E-state index contributed by atoms with van der Waals surface area (Å²) in [7, 11) is 1.91. The van der Waals surface area contributed by atoms with Gasteiger partial charge in [-0.25, -0.2) is 4.98 Å². The Balaban J connectivity index is 1.98. The third-order valence-electron chi connectivity index (χ3n) is 2.00. The Kier molecular flexibility index (Phi) is 2.49. The molecule has 0 bridgehead atoms. The molecule has 2 aromatic heterocycles. The minimum Gasteiger partial charge on any atom is -0.378 e. The van der Waals surface area contributed by atoms with Gasteiger partial charge < -0.3 is 5.32 Å². The molecule has 2 aromatic rings. The van der Waals surface area contributed by atoms with Gasteiger partial charge in [-0.15, -0.1) is 11.3 Å². The summed E-state index contributed by atoms with van der Waals surface area (Å²) in [5, 5.41) is 7.38. The van der Waals surface area contributed by atoms with Crippen molar-refractivity contribution in [1.29, 1.82) is 0 Å². The van der Waals surface area contributed by atoms with Crippen LogP contribution in [0, 0.1) is 6.92 Å². The molecule has 2 heterocycles. The fourth-order valence-electron chi connectivity index (χ4n) is 1.19. The molecule has 14 heavy (non-hydrogen) atoms. The van der Waals surface area contributed by atoms with Crippen LogP contribution in [0.4, 0.5) is 5.69 Å². The molecule has 0 atom stereocenters. The third-order valence-corrected chi connectivity index (χ3v) is 2.94. The van der Waals surface area contributed by atoms with Crippen molar-refractivity contribution < 1.29 is 0 Å². The van der Waals surface area contributed by atoms with Gasteiger partial charge in [0.1, 0.15) is 0 Å². The molecule has 5 heteroatoms. The molecule has 74 valence electrons. The van der Waals surface area contributed by atoms with Crippen molar-refractivity contribution in [3.63, 3.8) is 0 Å². The van der Waals surface area contributed by atoms with Gasteiger partial charge in [0.25, 0.3) is 0 Å². The number of hydrogen-bond acceptors (Lipinski definition) is 4. The van der Waals surface area contributed by atoms with Crippen LogP contribution in [0.3, 0.4) is 0 Å². The zero-order valence-electron chi connectivity index (χ0n) is 8.19. The number of anilines is 1. The van der Waals surface area contributed by atoms with E-state index in [4.69, 9.17) is 0 Å². The Morgan fingerprint density at radius 3 is 3.00 bits per heavy atom. The van der Waals surface area contributed by atoms with Gasteiger partial charge in [-0.2, -0.15) is 5.10 Å². The van der Waals surface area contributed by atoms with Gasteiger partial charge in [0.05, 0.1) is 29.6 Å². The van der Waals surface area contributed by atoms with Gasteiger partial charge in [0.15, 0.2) is 0 Å². The van der Waals surface area contributed by atoms with E-state index in [-0.39, 0.29) is 0 Å². The first-order valence-corrected chi connectivity index (χ1v) is 5.25. The topological polar surface area (TPSA) is 42.7 Å². The van der Waals surface area contributed by atoms with Crippen molar-refractivity contribution in [3.05, 3.63) is 28.5 Å². The minimum absolute atomic E-state index is 0.822. The zero-order chi connectivity index (χ0) is 9.97. The SMILES string of the molecule is Cc1ncsc1CNc1cnn(C)c1. The fraction of sp³-hybridized carbons (Fsp3) is 0.333. The van der Waals surface area contributed by atoms with Crippen molar-refractivity contribution in [1.82, 2.24) is 14.8 Å². The molecule has 0 aliphatic carbocycles. The highest BCUT2D eigenvalue weighted by Crippen LogP contribution is 2.14. The van der Waals surface area contributed by atoms with Crippen LogP contribution in [-0.2, 0) is 13.6 Å². The molecule has 0 aliphatic rings. The second kappa shape index (κ2) is 3.79. The summed E-state index contributed by atoms with van der Waals surface area (Å²) in [5.74, 6) is 0. The van der Waals surface area contributed by atoms with Gasteiger partial charge in [0, 0.05) is 18.1 Å². The maximum Gasteiger partial charge on any atom is 0.0798 e. The van der Waals surface area contributed by atoms with Gasteiger partial charge in [0.2, 0.25) is 0 Å². The Labute approximate surface area is 86.6 Å². The summed E-state index contributed by atoms with van der Waals surface area (Å²) in [6.45, 7) is 2.85. The van der Waals surface area contributed by atoms with Crippen molar-refractivity contribution in [2.45, 2.75) is 13.5 Å². The number of aromatic nitrogens is 3. The second-order valence-electron chi connectivity index (χ2n) is 3.12. The van der Waals surface area contributed by atoms with Gasteiger partial charge >= 0.3 is 0 Å². The van der Waals surface area contributed by atoms with Crippen molar-refractivity contribution in [3.8, 4) is 0 Å². The number of nitrogens with zero attached hydrogens (tertiary/aromatic N) is 3. The second-order valence-corrected chi connectivity index (χ2v) is 4.06. The monoisotopic (exact) mass is 208 g/mol. The van der Waals surface area contributed by atoms with Gasteiger partial charge in [-0.05, 0) is 6.92 Å². The van der Waals surface area contributed by atoms with Crippen LogP contribution in [-0.4, -0.2) is 14.8 Å². The molecule has 0 radical (unpaired) electrons. The van der Waals surface area contributed by atoms with E-state index < -0.39 is 0 Å². The van der Waals surface area contributed by atoms with E-state index in [9.17, 15) is 0 Å². The van der Waals surface area contributed by atoms with Crippen molar-refractivity contribution in [2.75, 3.05) is 5.32 Å². The lowest BCUT2D eigenvalue weighted by atomic mass is 10.4.